The van der Waals surface area contributed by atoms with Crippen molar-refractivity contribution in [3.05, 3.63) is 65.5 Å². The van der Waals surface area contributed by atoms with Crippen molar-refractivity contribution in [1.82, 2.24) is 14.2 Å². The van der Waals surface area contributed by atoms with Gasteiger partial charge < -0.3 is 4.74 Å². The van der Waals surface area contributed by atoms with Crippen molar-refractivity contribution in [2.45, 2.75) is 31.7 Å². The van der Waals surface area contributed by atoms with Crippen molar-refractivity contribution in [2.75, 3.05) is 39.4 Å². The minimum absolute atomic E-state index is 0.0179. The summed E-state index contributed by atoms with van der Waals surface area (Å²) in [4.78, 5) is 20.3. The minimum Gasteiger partial charge on any atom is -0.379 e. The van der Waals surface area contributed by atoms with E-state index >= 15 is 0 Å². The number of sulfonamides is 1. The predicted octanol–water partition coefficient (Wildman–Crippen LogP) is 2.77. The van der Waals surface area contributed by atoms with Crippen LogP contribution in [0.3, 0.4) is 0 Å². The third-order valence-corrected chi connectivity index (χ3v) is 8.42. The normalized spacial score (nSPS) is 23.7. The van der Waals surface area contributed by atoms with E-state index < -0.39 is 21.5 Å². The molecular weight excluding hydrogens is 438 g/mol. The Labute approximate surface area is 196 Å². The van der Waals surface area contributed by atoms with E-state index in [0.717, 1.165) is 18.7 Å². The maximum absolute atomic E-state index is 13.9. The van der Waals surface area contributed by atoms with E-state index in [1.807, 2.05) is 32.9 Å². The molecule has 2 aliphatic rings. The van der Waals surface area contributed by atoms with Gasteiger partial charge in [0.15, 0.2) is 5.78 Å². The second-order valence-electron chi connectivity index (χ2n) is 9.27. The van der Waals surface area contributed by atoms with Gasteiger partial charge in [-0.2, -0.15) is 4.31 Å². The lowest BCUT2D eigenvalue weighted by Crippen LogP contribution is -2.61. The largest absolute Gasteiger partial charge is 0.379 e. The molecule has 2 saturated heterocycles. The number of ether oxygens (including phenoxy) is 1. The molecule has 0 radical (unpaired) electrons. The first-order valence-corrected chi connectivity index (χ1v) is 12.7. The van der Waals surface area contributed by atoms with Crippen molar-refractivity contribution < 1.29 is 17.9 Å². The van der Waals surface area contributed by atoms with Crippen LogP contribution in [-0.2, 0) is 19.6 Å². The van der Waals surface area contributed by atoms with Gasteiger partial charge in [0.05, 0.1) is 29.8 Å². The first kappa shape index (κ1) is 23.8. The van der Waals surface area contributed by atoms with Gasteiger partial charge in [-0.05, 0) is 37.3 Å². The van der Waals surface area contributed by atoms with Gasteiger partial charge in [0.1, 0.15) is 0 Å². The lowest BCUT2D eigenvalue weighted by atomic mass is 9.74. The highest BCUT2D eigenvalue weighted by Gasteiger charge is 2.50. The predicted molar refractivity (Wildman–Crippen MR) is 127 cm³/mol. The van der Waals surface area contributed by atoms with E-state index in [0.29, 0.717) is 31.0 Å². The molecule has 0 aliphatic carbocycles. The van der Waals surface area contributed by atoms with Gasteiger partial charge in [-0.1, -0.05) is 37.6 Å². The Morgan fingerprint density at radius 3 is 2.45 bits per heavy atom. The summed E-state index contributed by atoms with van der Waals surface area (Å²) < 4.78 is 34.7. The lowest BCUT2D eigenvalue weighted by molar-refractivity contribution is -0.129. The highest BCUT2D eigenvalue weighted by atomic mass is 32.2. The molecule has 0 saturated carbocycles. The average Bonchev–Trinajstić information content (AvgIpc) is 2.80. The van der Waals surface area contributed by atoms with Gasteiger partial charge in [0.25, 0.3) is 0 Å². The number of morpholine rings is 1. The third-order valence-electron chi connectivity index (χ3n) is 6.56. The number of carbonyl (C=O) groups excluding carboxylic acids is 1. The quantitative estimate of drug-likeness (QED) is 0.627. The van der Waals surface area contributed by atoms with E-state index in [4.69, 9.17) is 4.74 Å². The first-order valence-electron chi connectivity index (χ1n) is 11.2. The van der Waals surface area contributed by atoms with Crippen molar-refractivity contribution in [3.8, 4) is 0 Å². The van der Waals surface area contributed by atoms with Gasteiger partial charge in [-0.15, -0.1) is 0 Å². The minimum atomic E-state index is -3.84. The molecule has 0 spiro atoms. The maximum atomic E-state index is 13.9. The molecule has 2 aliphatic heterocycles. The number of hydrogen-bond acceptors (Lipinski definition) is 6. The molecule has 1 unspecified atom stereocenters. The van der Waals surface area contributed by atoms with Crippen LogP contribution in [0.5, 0.6) is 0 Å². The van der Waals surface area contributed by atoms with Crippen LogP contribution in [0, 0.1) is 12.3 Å². The zero-order valence-corrected chi connectivity index (χ0v) is 20.2. The zero-order valence-electron chi connectivity index (χ0n) is 19.4. The molecule has 7 nitrogen and oxygen atoms in total. The van der Waals surface area contributed by atoms with E-state index in [1.165, 1.54) is 4.31 Å². The number of hydrogen-bond donors (Lipinski definition) is 0. The number of aryl methyl sites for hydroxylation is 1. The molecule has 2 fully saturated rings. The molecule has 8 heteroatoms. The molecule has 0 amide bonds. The van der Waals surface area contributed by atoms with E-state index in [1.54, 1.807) is 42.6 Å². The van der Waals surface area contributed by atoms with Crippen molar-refractivity contribution in [1.29, 1.82) is 0 Å². The van der Waals surface area contributed by atoms with Crippen LogP contribution in [-0.4, -0.2) is 73.8 Å². The molecule has 0 bridgehead atoms. The summed E-state index contributed by atoms with van der Waals surface area (Å²) in [5.74, 6) is -0.0400. The lowest BCUT2D eigenvalue weighted by Gasteiger charge is -2.47. The van der Waals surface area contributed by atoms with E-state index in [9.17, 15) is 13.2 Å². The average molecular weight is 470 g/mol. The molecule has 2 aromatic rings. The second kappa shape index (κ2) is 9.46. The number of ketones is 1. The molecule has 1 atom stereocenters. The van der Waals surface area contributed by atoms with Gasteiger partial charge in [-0.25, -0.2) is 8.42 Å². The topological polar surface area (TPSA) is 79.8 Å². The molecule has 0 N–H and O–H groups in total. The standard InChI is InChI=1S/C25H31N3O4S/c1-19-7-9-22(10-8-19)33(30,31)28-17-20(16-21-6-4-5-11-26-21)24(29)25(2,3)23(28)18-27-12-14-32-15-13-27/h4-11,16,23H,12-15,17-18H2,1-3H3/b20-16-. The Bertz CT molecular complexity index is 1120. The summed E-state index contributed by atoms with van der Waals surface area (Å²) in [5.41, 5.74) is 1.17. The van der Waals surface area contributed by atoms with Crippen LogP contribution < -0.4 is 0 Å². The highest BCUT2D eigenvalue weighted by Crippen LogP contribution is 2.39. The van der Waals surface area contributed by atoms with Crippen LogP contribution in [0.25, 0.3) is 6.08 Å². The molecule has 3 heterocycles. The van der Waals surface area contributed by atoms with Crippen LogP contribution in [0.4, 0.5) is 0 Å². The van der Waals surface area contributed by atoms with Gasteiger partial charge >= 0.3 is 0 Å². The molecule has 33 heavy (non-hydrogen) atoms. The Hall–Kier alpha value is -2.39. The first-order chi connectivity index (χ1) is 15.7. The fourth-order valence-corrected chi connectivity index (χ4v) is 6.20. The number of piperidine rings is 1. The number of carbonyl (C=O) groups is 1. The Morgan fingerprint density at radius 1 is 1.12 bits per heavy atom. The monoisotopic (exact) mass is 469 g/mol. The Kier molecular flexibility index (Phi) is 6.81. The maximum Gasteiger partial charge on any atom is 0.243 e. The number of Topliss-reactive ketones (excluding diaryl/α,β-unsaturated/α-hetero) is 1. The number of nitrogens with zero attached hydrogens (tertiary/aromatic N) is 3. The van der Waals surface area contributed by atoms with Crippen molar-refractivity contribution in [3.63, 3.8) is 0 Å². The zero-order chi connectivity index (χ0) is 23.6. The SMILES string of the molecule is Cc1ccc(S(=O)(=O)N2C/C(=C/c3ccccn3)C(=O)C(C)(C)C2CN2CCOCC2)cc1. The second-order valence-corrected chi connectivity index (χ2v) is 11.2. The fourth-order valence-electron chi connectivity index (χ4n) is 4.47. The van der Waals surface area contributed by atoms with E-state index in [-0.39, 0.29) is 17.2 Å². The van der Waals surface area contributed by atoms with Crippen molar-refractivity contribution in [2.24, 2.45) is 5.41 Å². The third kappa shape index (κ3) is 4.94. The van der Waals surface area contributed by atoms with E-state index in [2.05, 4.69) is 9.88 Å². The van der Waals surface area contributed by atoms with Crippen molar-refractivity contribution >= 4 is 21.9 Å². The number of aromatic nitrogens is 1. The fraction of sp³-hybridized carbons (Fsp3) is 0.440. The summed E-state index contributed by atoms with van der Waals surface area (Å²) in [7, 11) is -3.84. The summed E-state index contributed by atoms with van der Waals surface area (Å²) >= 11 is 0. The van der Waals surface area contributed by atoms with Gasteiger partial charge in [0.2, 0.25) is 10.0 Å². The molecular formula is C25H31N3O4S. The molecule has 176 valence electrons. The molecule has 1 aromatic heterocycles. The van der Waals surface area contributed by atoms with Crippen LogP contribution in [0.15, 0.2) is 59.1 Å². The summed E-state index contributed by atoms with van der Waals surface area (Å²) in [6.45, 7) is 8.77. The Balaban J connectivity index is 1.77. The van der Waals surface area contributed by atoms with Crippen LogP contribution in [0.2, 0.25) is 0 Å². The smallest absolute Gasteiger partial charge is 0.243 e. The summed E-state index contributed by atoms with van der Waals surface area (Å²) in [5, 5.41) is 0. The number of benzene rings is 1. The molecule has 4 rings (SSSR count). The highest BCUT2D eigenvalue weighted by molar-refractivity contribution is 7.89. The summed E-state index contributed by atoms with van der Waals surface area (Å²) in [6, 6.07) is 11.8. The van der Waals surface area contributed by atoms with Gasteiger partial charge in [0, 0.05) is 43.4 Å². The molecule has 1 aromatic carbocycles. The number of rotatable bonds is 5. The van der Waals surface area contributed by atoms with Crippen LogP contribution in [0.1, 0.15) is 25.1 Å². The number of pyridine rings is 1. The summed E-state index contributed by atoms with van der Waals surface area (Å²) in [6.07, 6.45) is 3.37. The van der Waals surface area contributed by atoms with Crippen LogP contribution >= 0.6 is 0 Å². The van der Waals surface area contributed by atoms with Gasteiger partial charge in [-0.3, -0.25) is 14.7 Å². The Morgan fingerprint density at radius 2 is 1.82 bits per heavy atom.